The predicted molar refractivity (Wildman–Crippen MR) is 96.6 cm³/mol. The van der Waals surface area contributed by atoms with Crippen LogP contribution in [0.15, 0.2) is 34.5 Å². The van der Waals surface area contributed by atoms with Gasteiger partial charge in [0, 0.05) is 10.0 Å². The number of aliphatic imine (C=N–C) groups is 1. The average molecular weight is 365 g/mol. The number of carbonyl (C=O) groups excluding carboxylic acids is 1. The molecule has 2 unspecified atom stereocenters. The van der Waals surface area contributed by atoms with Gasteiger partial charge in [0.1, 0.15) is 5.92 Å². The van der Waals surface area contributed by atoms with Crippen molar-refractivity contribution < 1.29 is 9.53 Å². The molecule has 1 heterocycles. The molecule has 0 saturated carbocycles. The van der Waals surface area contributed by atoms with Crippen molar-refractivity contribution in [1.82, 2.24) is 0 Å². The van der Waals surface area contributed by atoms with Crippen molar-refractivity contribution in [3.63, 3.8) is 0 Å². The summed E-state index contributed by atoms with van der Waals surface area (Å²) < 4.78 is 4.98. The predicted octanol–water partition coefficient (Wildman–Crippen LogP) is 4.92. The van der Waals surface area contributed by atoms with Gasteiger partial charge in [-0.2, -0.15) is 0 Å². The van der Waals surface area contributed by atoms with E-state index in [1.807, 2.05) is 13.8 Å². The highest BCUT2D eigenvalue weighted by molar-refractivity contribution is 6.35. The Hall–Kier alpha value is -1.83. The lowest BCUT2D eigenvalue weighted by Gasteiger charge is -2.28. The van der Waals surface area contributed by atoms with Gasteiger partial charge in [-0.05, 0) is 30.5 Å². The smallest absolute Gasteiger partial charge is 0.336 e. The fraction of sp³-hybridized carbons (Fsp3) is 0.389. The molecule has 4 nitrogen and oxygen atoms in total. The molecule has 0 aromatic heterocycles. The summed E-state index contributed by atoms with van der Waals surface area (Å²) in [6.45, 7) is 13.3. The second-order valence-corrected chi connectivity index (χ2v) is 6.76. The molecule has 0 fully saturated rings. The molecule has 2 atom stereocenters. The Bertz CT molecular complexity index is 776. The zero-order chi connectivity index (χ0) is 18.0. The van der Waals surface area contributed by atoms with Gasteiger partial charge in [0.15, 0.2) is 0 Å². The second-order valence-electron chi connectivity index (χ2n) is 5.92. The van der Waals surface area contributed by atoms with Gasteiger partial charge in [-0.25, -0.2) is 11.4 Å². The van der Waals surface area contributed by atoms with E-state index in [9.17, 15) is 4.79 Å². The number of nitrogens with zero attached hydrogens (tertiary/aromatic N) is 2. The Kier molecular flexibility index (Phi) is 5.69. The van der Waals surface area contributed by atoms with Crippen molar-refractivity contribution >= 4 is 34.9 Å². The molecule has 126 valence electrons. The number of carbonyl (C=O) groups is 1. The van der Waals surface area contributed by atoms with Crippen molar-refractivity contribution in [2.75, 3.05) is 7.11 Å². The first-order valence-corrected chi connectivity index (χ1v) is 8.26. The van der Waals surface area contributed by atoms with E-state index in [0.717, 1.165) is 0 Å². The number of hydrogen-bond acceptors (Lipinski definition) is 3. The van der Waals surface area contributed by atoms with Gasteiger partial charge in [0.25, 0.3) is 6.04 Å². The standard InChI is InChI=1S/C18H18Cl2N2O2/c1-9(2)16-15(18(23)24-5)14(17(21-4)10(3)22-16)12-7-6-11(19)8-13(12)20/h6-9,14,17H,1-3,5H3. The molecule has 0 bridgehead atoms. The quantitative estimate of drug-likeness (QED) is 0.564. The molecule has 0 radical (unpaired) electrons. The van der Waals surface area contributed by atoms with Crippen LogP contribution in [0.2, 0.25) is 10.0 Å². The summed E-state index contributed by atoms with van der Waals surface area (Å²) in [5.41, 5.74) is 2.37. The first kappa shape index (κ1) is 18.5. The number of rotatable bonds is 3. The van der Waals surface area contributed by atoms with E-state index in [0.29, 0.717) is 32.6 Å². The fourth-order valence-electron chi connectivity index (χ4n) is 2.90. The van der Waals surface area contributed by atoms with Crippen LogP contribution in [0, 0.1) is 12.5 Å². The molecule has 0 spiro atoms. The number of halogens is 2. The highest BCUT2D eigenvalue weighted by atomic mass is 35.5. The van der Waals surface area contributed by atoms with Crippen LogP contribution in [0.25, 0.3) is 4.85 Å². The van der Waals surface area contributed by atoms with Crippen molar-refractivity contribution in [1.29, 1.82) is 0 Å². The maximum absolute atomic E-state index is 12.5. The number of esters is 1. The zero-order valence-electron chi connectivity index (χ0n) is 13.9. The van der Waals surface area contributed by atoms with Crippen molar-refractivity contribution in [2.45, 2.75) is 32.7 Å². The summed E-state index contributed by atoms with van der Waals surface area (Å²) in [5.74, 6) is -1.01. The molecule has 0 amide bonds. The third kappa shape index (κ3) is 3.33. The largest absolute Gasteiger partial charge is 0.466 e. The first-order chi connectivity index (χ1) is 11.3. The lowest BCUT2D eigenvalue weighted by Crippen LogP contribution is -2.33. The number of methoxy groups -OCH3 is 1. The van der Waals surface area contributed by atoms with Gasteiger partial charge in [0.05, 0.1) is 24.1 Å². The Balaban J connectivity index is 2.78. The molecule has 1 aliphatic heterocycles. The van der Waals surface area contributed by atoms with Crippen LogP contribution in [-0.2, 0) is 9.53 Å². The molecule has 24 heavy (non-hydrogen) atoms. The maximum Gasteiger partial charge on any atom is 0.336 e. The molecule has 2 rings (SSSR count). The van der Waals surface area contributed by atoms with Gasteiger partial charge in [0.2, 0.25) is 0 Å². The topological polar surface area (TPSA) is 43.0 Å². The highest BCUT2D eigenvalue weighted by Gasteiger charge is 2.43. The molecule has 1 aromatic carbocycles. The zero-order valence-corrected chi connectivity index (χ0v) is 15.4. The third-order valence-corrected chi connectivity index (χ3v) is 4.58. The van der Waals surface area contributed by atoms with Crippen LogP contribution in [0.1, 0.15) is 32.3 Å². The molecule has 0 N–H and O–H groups in total. The Morgan fingerprint density at radius 3 is 2.54 bits per heavy atom. The third-order valence-electron chi connectivity index (χ3n) is 4.02. The average Bonchev–Trinajstić information content (AvgIpc) is 2.53. The summed E-state index contributed by atoms with van der Waals surface area (Å²) in [6, 6.07) is 4.46. The summed E-state index contributed by atoms with van der Waals surface area (Å²) in [5, 5.41) is 0.914. The minimum Gasteiger partial charge on any atom is -0.466 e. The van der Waals surface area contributed by atoms with Crippen LogP contribution in [-0.4, -0.2) is 24.8 Å². The fourth-order valence-corrected chi connectivity index (χ4v) is 3.43. The van der Waals surface area contributed by atoms with E-state index in [4.69, 9.17) is 34.5 Å². The summed E-state index contributed by atoms with van der Waals surface area (Å²) in [7, 11) is 1.33. The summed E-state index contributed by atoms with van der Waals surface area (Å²) >= 11 is 12.4. The Morgan fingerprint density at radius 2 is 2.04 bits per heavy atom. The Morgan fingerprint density at radius 1 is 1.38 bits per heavy atom. The summed E-state index contributed by atoms with van der Waals surface area (Å²) in [4.78, 5) is 20.7. The van der Waals surface area contributed by atoms with Crippen molar-refractivity contribution in [3.8, 4) is 0 Å². The highest BCUT2D eigenvalue weighted by Crippen LogP contribution is 2.42. The molecular weight excluding hydrogens is 347 g/mol. The molecule has 6 heteroatoms. The minimum absolute atomic E-state index is 0.00862. The number of ether oxygens (including phenoxy) is 1. The van der Waals surface area contributed by atoms with Crippen molar-refractivity contribution in [3.05, 3.63) is 56.5 Å². The van der Waals surface area contributed by atoms with E-state index < -0.39 is 17.9 Å². The lowest BCUT2D eigenvalue weighted by atomic mass is 9.78. The van der Waals surface area contributed by atoms with E-state index in [2.05, 4.69) is 9.84 Å². The van der Waals surface area contributed by atoms with Gasteiger partial charge >= 0.3 is 5.97 Å². The van der Waals surface area contributed by atoms with Gasteiger partial charge in [-0.1, -0.05) is 43.1 Å². The van der Waals surface area contributed by atoms with E-state index >= 15 is 0 Å². The first-order valence-electron chi connectivity index (χ1n) is 7.50. The van der Waals surface area contributed by atoms with Crippen LogP contribution < -0.4 is 0 Å². The molecule has 1 aliphatic rings. The Labute approximate surface area is 151 Å². The normalized spacial score (nSPS) is 20.7. The lowest BCUT2D eigenvalue weighted by molar-refractivity contribution is -0.136. The van der Waals surface area contributed by atoms with Crippen LogP contribution in [0.4, 0.5) is 0 Å². The SMILES string of the molecule is [C-]#[N+]C1C(C)=NC(C(C)C)=C(C(=O)OC)C1c1ccc(Cl)cc1Cl. The number of hydrogen-bond donors (Lipinski definition) is 0. The van der Waals surface area contributed by atoms with Crippen LogP contribution in [0.5, 0.6) is 0 Å². The van der Waals surface area contributed by atoms with Gasteiger partial charge in [-0.3, -0.25) is 4.99 Å². The maximum atomic E-state index is 12.5. The molecule has 1 aromatic rings. The van der Waals surface area contributed by atoms with Crippen LogP contribution >= 0.6 is 23.2 Å². The summed E-state index contributed by atoms with van der Waals surface area (Å²) in [6.07, 6.45) is 0. The second kappa shape index (κ2) is 7.38. The molecule has 0 saturated heterocycles. The van der Waals surface area contributed by atoms with Crippen molar-refractivity contribution in [2.24, 2.45) is 10.9 Å². The van der Waals surface area contributed by atoms with E-state index in [1.54, 1.807) is 25.1 Å². The van der Waals surface area contributed by atoms with Gasteiger partial charge < -0.3 is 9.58 Å². The van der Waals surface area contributed by atoms with E-state index in [-0.39, 0.29) is 5.92 Å². The van der Waals surface area contributed by atoms with E-state index in [1.165, 1.54) is 7.11 Å². The minimum atomic E-state index is -0.611. The number of allylic oxidation sites excluding steroid dienone is 1. The number of benzene rings is 1. The van der Waals surface area contributed by atoms with Gasteiger partial charge in [-0.15, -0.1) is 0 Å². The molecule has 0 aliphatic carbocycles. The van der Waals surface area contributed by atoms with Crippen LogP contribution in [0.3, 0.4) is 0 Å². The monoisotopic (exact) mass is 364 g/mol. The molecular formula is C18H18Cl2N2O2.